The lowest BCUT2D eigenvalue weighted by molar-refractivity contribution is 1.21. The van der Waals surface area contributed by atoms with Gasteiger partial charge >= 0.3 is 0 Å². The van der Waals surface area contributed by atoms with Crippen LogP contribution < -0.4 is 11.5 Å². The lowest BCUT2D eigenvalue weighted by atomic mass is 10.8. The molecule has 40 valence electrons. The molecule has 7 heavy (non-hydrogen) atoms. The molecule has 0 fully saturated rings. The van der Waals surface area contributed by atoms with Gasteiger partial charge in [0.05, 0.1) is 5.44 Å². The Bertz CT molecular complexity index is 103. The Morgan fingerprint density at radius 2 is 2.00 bits per heavy atom. The maximum atomic E-state index is 5.05. The number of hydrogen-bond acceptors (Lipinski definition) is 3. The van der Waals surface area contributed by atoms with Crippen molar-refractivity contribution in [1.82, 2.24) is 0 Å². The molecule has 0 aliphatic rings. The molecule has 3 nitrogen and oxygen atoms in total. The molecule has 0 aromatic heterocycles. The number of hydrogen-bond donors (Lipinski definition) is 2. The summed E-state index contributed by atoms with van der Waals surface area (Å²) in [7, 11) is 2.25. The van der Waals surface area contributed by atoms with Crippen molar-refractivity contribution in [2.45, 2.75) is 0 Å². The highest BCUT2D eigenvalue weighted by Gasteiger charge is 1.82. The minimum Gasteiger partial charge on any atom is -0.384 e. The van der Waals surface area contributed by atoms with E-state index in [-0.39, 0.29) is 5.82 Å². The van der Waals surface area contributed by atoms with Crippen LogP contribution in [0.3, 0.4) is 0 Å². The minimum absolute atomic E-state index is 0.194. The standard InChI is InChI=1S/C3H8N3P/c1-6-3(7)2(4)5/h1,4-5,7H2. The van der Waals surface area contributed by atoms with Gasteiger partial charge in [-0.05, 0) is 6.72 Å². The van der Waals surface area contributed by atoms with Crippen molar-refractivity contribution in [3.63, 3.8) is 0 Å². The van der Waals surface area contributed by atoms with Gasteiger partial charge in [0.15, 0.2) is 0 Å². The van der Waals surface area contributed by atoms with Crippen LogP contribution in [0.2, 0.25) is 0 Å². The molecular weight excluding hydrogens is 109 g/mol. The van der Waals surface area contributed by atoms with Gasteiger partial charge in [0.1, 0.15) is 5.82 Å². The van der Waals surface area contributed by atoms with Gasteiger partial charge in [-0.25, -0.2) is 0 Å². The molecule has 1 atom stereocenters. The van der Waals surface area contributed by atoms with Crippen molar-refractivity contribution in [3.8, 4) is 0 Å². The lowest BCUT2D eigenvalue weighted by Crippen LogP contribution is -2.08. The predicted octanol–water partition coefficient (Wildman–Crippen LogP) is -0.394. The highest BCUT2D eigenvalue weighted by molar-refractivity contribution is 7.22. The molecule has 4 N–H and O–H groups in total. The van der Waals surface area contributed by atoms with E-state index < -0.39 is 0 Å². The molecule has 0 bridgehead atoms. The van der Waals surface area contributed by atoms with E-state index in [1.807, 2.05) is 0 Å². The summed E-state index contributed by atoms with van der Waals surface area (Å²) in [5, 5.41) is 0. The Kier molecular flexibility index (Phi) is 2.38. The Labute approximate surface area is 44.7 Å². The lowest BCUT2D eigenvalue weighted by Gasteiger charge is -1.90. The summed E-state index contributed by atoms with van der Waals surface area (Å²) in [4.78, 5) is 3.43. The van der Waals surface area contributed by atoms with Crippen LogP contribution in [-0.4, -0.2) is 6.72 Å². The van der Waals surface area contributed by atoms with Crippen LogP contribution >= 0.6 is 9.24 Å². The fourth-order valence-corrected chi connectivity index (χ4v) is 0.0913. The topological polar surface area (TPSA) is 64.4 Å². The number of rotatable bonds is 1. The summed E-state index contributed by atoms with van der Waals surface area (Å²) in [6, 6.07) is 0. The van der Waals surface area contributed by atoms with Crippen LogP contribution in [0.1, 0.15) is 0 Å². The van der Waals surface area contributed by atoms with Gasteiger partial charge in [0, 0.05) is 0 Å². The summed E-state index contributed by atoms with van der Waals surface area (Å²) in [5.41, 5.74) is 10.6. The third kappa shape index (κ3) is 2.18. The van der Waals surface area contributed by atoms with Gasteiger partial charge in [-0.3, -0.25) is 4.99 Å². The average Bonchev–Trinajstić information content (AvgIpc) is 1.65. The average molecular weight is 117 g/mol. The predicted molar refractivity (Wildman–Crippen MR) is 34.7 cm³/mol. The van der Waals surface area contributed by atoms with Gasteiger partial charge in [0.25, 0.3) is 0 Å². The smallest absolute Gasteiger partial charge is 0.120 e. The van der Waals surface area contributed by atoms with Gasteiger partial charge in [-0.15, -0.1) is 0 Å². The largest absolute Gasteiger partial charge is 0.384 e. The quantitative estimate of drug-likeness (QED) is 0.362. The van der Waals surface area contributed by atoms with Gasteiger partial charge < -0.3 is 11.5 Å². The summed E-state index contributed by atoms with van der Waals surface area (Å²) < 4.78 is 0. The van der Waals surface area contributed by atoms with E-state index in [1.54, 1.807) is 0 Å². The van der Waals surface area contributed by atoms with E-state index in [2.05, 4.69) is 20.9 Å². The number of nitrogens with zero attached hydrogens (tertiary/aromatic N) is 1. The third-order valence-electron chi connectivity index (χ3n) is 0.466. The van der Waals surface area contributed by atoms with E-state index in [1.165, 1.54) is 0 Å². The van der Waals surface area contributed by atoms with Crippen molar-refractivity contribution in [2.24, 2.45) is 16.5 Å². The number of nitrogens with two attached hydrogens (primary N) is 2. The van der Waals surface area contributed by atoms with Crippen LogP contribution in [0.25, 0.3) is 0 Å². The van der Waals surface area contributed by atoms with Gasteiger partial charge in [0.2, 0.25) is 0 Å². The monoisotopic (exact) mass is 117 g/mol. The molecule has 0 radical (unpaired) electrons. The van der Waals surface area contributed by atoms with Gasteiger partial charge in [-0.1, -0.05) is 9.24 Å². The Morgan fingerprint density at radius 1 is 1.57 bits per heavy atom. The summed E-state index contributed by atoms with van der Waals surface area (Å²) >= 11 is 0. The van der Waals surface area contributed by atoms with Crippen molar-refractivity contribution < 1.29 is 0 Å². The Hall–Kier alpha value is -0.560. The second-order valence-electron chi connectivity index (χ2n) is 0.999. The zero-order chi connectivity index (χ0) is 5.86. The molecule has 4 heteroatoms. The molecule has 0 heterocycles. The highest BCUT2D eigenvalue weighted by Crippen LogP contribution is 2.03. The first kappa shape index (κ1) is 6.44. The van der Waals surface area contributed by atoms with Crippen molar-refractivity contribution in [1.29, 1.82) is 0 Å². The SMILES string of the molecule is C=NC(P)=C(N)N. The molecule has 0 saturated carbocycles. The third-order valence-corrected chi connectivity index (χ3v) is 0.982. The second-order valence-corrected chi connectivity index (χ2v) is 1.55. The minimum atomic E-state index is 0.194. The molecule has 0 aromatic carbocycles. The van der Waals surface area contributed by atoms with E-state index in [0.717, 1.165) is 0 Å². The first-order valence-electron chi connectivity index (χ1n) is 1.66. The first-order chi connectivity index (χ1) is 3.18. The normalized spacial score (nSPS) is 7.57. The fourth-order valence-electron chi connectivity index (χ4n) is 0.0913. The zero-order valence-electron chi connectivity index (χ0n) is 3.89. The van der Waals surface area contributed by atoms with Crippen LogP contribution in [0.4, 0.5) is 0 Å². The molecular formula is C3H8N3P. The maximum absolute atomic E-state index is 5.05. The number of aliphatic imine (C=N–C) groups is 1. The van der Waals surface area contributed by atoms with E-state index >= 15 is 0 Å². The summed E-state index contributed by atoms with van der Waals surface area (Å²) in [6.07, 6.45) is 0. The van der Waals surface area contributed by atoms with Crippen molar-refractivity contribution in [3.05, 3.63) is 11.3 Å². The summed E-state index contributed by atoms with van der Waals surface area (Å²) in [6.45, 7) is 3.19. The molecule has 0 aliphatic heterocycles. The van der Waals surface area contributed by atoms with Crippen LogP contribution in [0, 0.1) is 0 Å². The molecule has 0 amide bonds. The van der Waals surface area contributed by atoms with Crippen molar-refractivity contribution >= 4 is 16.0 Å². The zero-order valence-corrected chi connectivity index (χ0v) is 5.04. The van der Waals surface area contributed by atoms with Crippen LogP contribution in [0.5, 0.6) is 0 Å². The highest BCUT2D eigenvalue weighted by atomic mass is 31.0. The second kappa shape index (κ2) is 2.59. The molecule has 0 rings (SSSR count). The van der Waals surface area contributed by atoms with Crippen LogP contribution in [0.15, 0.2) is 16.3 Å². The van der Waals surface area contributed by atoms with E-state index in [4.69, 9.17) is 11.5 Å². The molecule has 0 saturated heterocycles. The van der Waals surface area contributed by atoms with E-state index in [9.17, 15) is 0 Å². The van der Waals surface area contributed by atoms with Crippen LogP contribution in [-0.2, 0) is 0 Å². The Balaban J connectivity index is 3.98. The molecule has 0 aliphatic carbocycles. The Morgan fingerprint density at radius 3 is 2.00 bits per heavy atom. The van der Waals surface area contributed by atoms with Gasteiger partial charge in [-0.2, -0.15) is 0 Å². The van der Waals surface area contributed by atoms with Crippen molar-refractivity contribution in [2.75, 3.05) is 0 Å². The molecule has 0 spiro atoms. The first-order valence-corrected chi connectivity index (χ1v) is 2.23. The molecule has 0 aromatic rings. The fraction of sp³-hybridized carbons (Fsp3) is 0. The van der Waals surface area contributed by atoms with E-state index in [0.29, 0.717) is 5.44 Å². The summed E-state index contributed by atoms with van der Waals surface area (Å²) in [5.74, 6) is 0.194. The maximum Gasteiger partial charge on any atom is 0.120 e. The molecule has 1 unspecified atom stereocenters.